The van der Waals surface area contributed by atoms with Crippen molar-refractivity contribution in [3.05, 3.63) is 83.9 Å². The Morgan fingerprint density at radius 3 is 2.57 bits per heavy atom. The quantitative estimate of drug-likeness (QED) is 0.566. The third kappa shape index (κ3) is 6.10. The van der Waals surface area contributed by atoms with E-state index < -0.39 is 11.7 Å². The van der Waals surface area contributed by atoms with Gasteiger partial charge in [-0.25, -0.2) is 9.78 Å². The van der Waals surface area contributed by atoms with Gasteiger partial charge in [0, 0.05) is 37.7 Å². The standard InChI is InChI=1S/C22H23F3N4O/c1-17-4-2-5-20(14-17)27-21(30)29(12-3-11-28-13-10-26-16-28)15-18-6-8-19(9-7-18)22(23,24)25/h2,4-10,13-14,16H,3,11-12,15H2,1H3,(H,27,30). The summed E-state index contributed by atoms with van der Waals surface area (Å²) in [4.78, 5) is 18.5. The summed E-state index contributed by atoms with van der Waals surface area (Å²) in [6, 6.07) is 12.0. The minimum absolute atomic E-state index is 0.208. The summed E-state index contributed by atoms with van der Waals surface area (Å²) >= 11 is 0. The molecule has 5 nitrogen and oxygen atoms in total. The number of benzene rings is 2. The average molecular weight is 416 g/mol. The lowest BCUT2D eigenvalue weighted by molar-refractivity contribution is -0.137. The lowest BCUT2D eigenvalue weighted by atomic mass is 10.1. The predicted octanol–water partition coefficient (Wildman–Crippen LogP) is 5.33. The van der Waals surface area contributed by atoms with Crippen LogP contribution in [0, 0.1) is 6.92 Å². The van der Waals surface area contributed by atoms with Gasteiger partial charge in [0.15, 0.2) is 0 Å². The molecule has 158 valence electrons. The van der Waals surface area contributed by atoms with Crippen molar-refractivity contribution in [2.75, 3.05) is 11.9 Å². The van der Waals surface area contributed by atoms with Crippen molar-refractivity contribution in [2.45, 2.75) is 32.6 Å². The smallest absolute Gasteiger partial charge is 0.337 e. The van der Waals surface area contributed by atoms with Gasteiger partial charge in [0.05, 0.1) is 11.9 Å². The number of anilines is 1. The summed E-state index contributed by atoms with van der Waals surface area (Å²) < 4.78 is 40.3. The lowest BCUT2D eigenvalue weighted by Gasteiger charge is -2.24. The van der Waals surface area contributed by atoms with Crippen LogP contribution in [0.15, 0.2) is 67.3 Å². The molecule has 0 fully saturated rings. The lowest BCUT2D eigenvalue weighted by Crippen LogP contribution is -2.35. The van der Waals surface area contributed by atoms with Gasteiger partial charge >= 0.3 is 12.2 Å². The fraction of sp³-hybridized carbons (Fsp3) is 0.273. The Kier molecular flexibility index (Phi) is 6.76. The van der Waals surface area contributed by atoms with E-state index in [1.54, 1.807) is 23.5 Å². The molecule has 0 atom stereocenters. The number of rotatable bonds is 7. The number of amides is 2. The Bertz CT molecular complexity index is 953. The van der Waals surface area contributed by atoms with E-state index in [0.29, 0.717) is 30.8 Å². The Morgan fingerprint density at radius 2 is 1.93 bits per heavy atom. The maximum atomic E-state index is 12.9. The van der Waals surface area contributed by atoms with E-state index in [9.17, 15) is 18.0 Å². The summed E-state index contributed by atoms with van der Waals surface area (Å²) in [6.07, 6.45) is 1.52. The molecule has 3 aromatic rings. The molecule has 0 aliphatic carbocycles. The second-order valence-corrected chi connectivity index (χ2v) is 7.07. The second-order valence-electron chi connectivity index (χ2n) is 7.07. The number of imidazole rings is 1. The molecular formula is C22H23F3N4O. The van der Waals surface area contributed by atoms with E-state index in [2.05, 4.69) is 10.3 Å². The van der Waals surface area contributed by atoms with Crippen LogP contribution in [-0.4, -0.2) is 27.0 Å². The summed E-state index contributed by atoms with van der Waals surface area (Å²) in [7, 11) is 0. The highest BCUT2D eigenvalue weighted by atomic mass is 19.4. The van der Waals surface area contributed by atoms with E-state index in [0.717, 1.165) is 17.7 Å². The Balaban J connectivity index is 1.69. The largest absolute Gasteiger partial charge is 0.416 e. The topological polar surface area (TPSA) is 50.2 Å². The first-order valence-corrected chi connectivity index (χ1v) is 9.56. The van der Waals surface area contributed by atoms with E-state index >= 15 is 0 Å². The molecule has 1 aromatic heterocycles. The molecule has 1 heterocycles. The van der Waals surface area contributed by atoms with Crippen LogP contribution in [0.3, 0.4) is 0 Å². The van der Waals surface area contributed by atoms with E-state index in [-0.39, 0.29) is 12.6 Å². The SMILES string of the molecule is Cc1cccc(NC(=O)N(CCCn2ccnc2)Cc2ccc(C(F)(F)F)cc2)c1. The van der Waals surface area contributed by atoms with Crippen LogP contribution in [0.4, 0.5) is 23.7 Å². The molecule has 2 amide bonds. The molecule has 8 heteroatoms. The van der Waals surface area contributed by atoms with E-state index in [1.165, 1.54) is 12.1 Å². The first-order valence-electron chi connectivity index (χ1n) is 9.56. The number of nitrogens with one attached hydrogen (secondary N) is 1. The maximum Gasteiger partial charge on any atom is 0.416 e. The Morgan fingerprint density at radius 1 is 1.17 bits per heavy atom. The number of halogens is 3. The molecule has 2 aromatic carbocycles. The van der Waals surface area contributed by atoms with Gasteiger partial charge in [0.25, 0.3) is 0 Å². The third-order valence-electron chi connectivity index (χ3n) is 4.61. The normalized spacial score (nSPS) is 11.3. The number of hydrogen-bond donors (Lipinski definition) is 1. The van der Waals surface area contributed by atoms with Crippen LogP contribution in [0.25, 0.3) is 0 Å². The van der Waals surface area contributed by atoms with Gasteiger partial charge in [0.1, 0.15) is 0 Å². The average Bonchev–Trinajstić information content (AvgIpc) is 3.20. The van der Waals surface area contributed by atoms with Crippen molar-refractivity contribution in [3.8, 4) is 0 Å². The molecule has 0 saturated heterocycles. The van der Waals surface area contributed by atoms with Gasteiger partial charge < -0.3 is 14.8 Å². The summed E-state index contributed by atoms with van der Waals surface area (Å²) in [5.74, 6) is 0. The van der Waals surface area contributed by atoms with Crippen molar-refractivity contribution in [2.24, 2.45) is 0 Å². The zero-order valence-electron chi connectivity index (χ0n) is 16.6. The number of hydrogen-bond acceptors (Lipinski definition) is 2. The first-order chi connectivity index (χ1) is 14.3. The fourth-order valence-corrected chi connectivity index (χ4v) is 3.06. The zero-order valence-corrected chi connectivity index (χ0v) is 16.6. The van der Waals surface area contributed by atoms with Gasteiger partial charge in [-0.15, -0.1) is 0 Å². The van der Waals surface area contributed by atoms with E-state index in [1.807, 2.05) is 35.9 Å². The molecule has 0 unspecified atom stereocenters. The highest BCUT2D eigenvalue weighted by Crippen LogP contribution is 2.29. The molecule has 0 radical (unpaired) electrons. The number of urea groups is 1. The van der Waals surface area contributed by atoms with Crippen molar-refractivity contribution < 1.29 is 18.0 Å². The Hall–Kier alpha value is -3.29. The van der Waals surface area contributed by atoms with Crippen LogP contribution in [0.5, 0.6) is 0 Å². The Labute approximate surface area is 173 Å². The van der Waals surface area contributed by atoms with Crippen molar-refractivity contribution in [1.82, 2.24) is 14.5 Å². The predicted molar refractivity (Wildman–Crippen MR) is 109 cm³/mol. The highest BCUT2D eigenvalue weighted by molar-refractivity contribution is 5.89. The minimum atomic E-state index is -4.38. The first kappa shape index (κ1) is 21.4. The van der Waals surface area contributed by atoms with Crippen LogP contribution >= 0.6 is 0 Å². The van der Waals surface area contributed by atoms with Crippen LogP contribution in [0.2, 0.25) is 0 Å². The third-order valence-corrected chi connectivity index (χ3v) is 4.61. The molecule has 0 aliphatic heterocycles. The number of nitrogens with zero attached hydrogens (tertiary/aromatic N) is 3. The molecule has 0 saturated carbocycles. The second kappa shape index (κ2) is 9.47. The van der Waals surface area contributed by atoms with Crippen molar-refractivity contribution in [1.29, 1.82) is 0 Å². The van der Waals surface area contributed by atoms with Crippen LogP contribution in [0.1, 0.15) is 23.1 Å². The molecule has 0 aliphatic rings. The van der Waals surface area contributed by atoms with Gasteiger partial charge in [-0.2, -0.15) is 13.2 Å². The van der Waals surface area contributed by atoms with E-state index in [4.69, 9.17) is 0 Å². The van der Waals surface area contributed by atoms with Gasteiger partial charge in [-0.3, -0.25) is 0 Å². The summed E-state index contributed by atoms with van der Waals surface area (Å²) in [5, 5.41) is 2.87. The fourth-order valence-electron chi connectivity index (χ4n) is 3.06. The number of carbonyl (C=O) groups excluding carboxylic acids is 1. The maximum absolute atomic E-state index is 12.9. The van der Waals surface area contributed by atoms with Crippen LogP contribution in [-0.2, 0) is 19.3 Å². The molecule has 30 heavy (non-hydrogen) atoms. The minimum Gasteiger partial charge on any atom is -0.337 e. The number of aryl methyl sites for hydroxylation is 2. The van der Waals surface area contributed by atoms with Crippen molar-refractivity contribution >= 4 is 11.7 Å². The highest BCUT2D eigenvalue weighted by Gasteiger charge is 2.30. The van der Waals surface area contributed by atoms with Crippen molar-refractivity contribution in [3.63, 3.8) is 0 Å². The monoisotopic (exact) mass is 416 g/mol. The molecule has 0 bridgehead atoms. The van der Waals surface area contributed by atoms with Gasteiger partial charge in [-0.1, -0.05) is 24.3 Å². The van der Waals surface area contributed by atoms with Crippen LogP contribution < -0.4 is 5.32 Å². The zero-order chi connectivity index (χ0) is 21.6. The molecular weight excluding hydrogens is 393 g/mol. The molecule has 0 spiro atoms. The number of aromatic nitrogens is 2. The number of carbonyl (C=O) groups is 1. The summed E-state index contributed by atoms with van der Waals surface area (Å²) in [6.45, 7) is 3.26. The molecule has 3 rings (SSSR count). The molecule has 1 N–H and O–H groups in total. The summed E-state index contributed by atoms with van der Waals surface area (Å²) in [5.41, 5.74) is 1.61. The van der Waals surface area contributed by atoms with Gasteiger partial charge in [0.2, 0.25) is 0 Å². The number of alkyl halides is 3. The van der Waals surface area contributed by atoms with Gasteiger partial charge in [-0.05, 0) is 48.7 Å².